The molecule has 1 aliphatic rings. The van der Waals surface area contributed by atoms with Crippen LogP contribution in [0.15, 0.2) is 60.8 Å². The SMILES string of the molecule is COc1ccc(C2c3cccn3CCN2C(=O)c2ccc(C)cc2)cc1OC. The summed E-state index contributed by atoms with van der Waals surface area (Å²) in [5.41, 5.74) is 3.94. The molecule has 0 N–H and O–H groups in total. The van der Waals surface area contributed by atoms with Gasteiger partial charge < -0.3 is 18.9 Å². The number of ether oxygens (including phenoxy) is 2. The first kappa shape index (κ1) is 18.2. The summed E-state index contributed by atoms with van der Waals surface area (Å²) in [6.45, 7) is 3.45. The van der Waals surface area contributed by atoms with Gasteiger partial charge in [0.15, 0.2) is 11.5 Å². The van der Waals surface area contributed by atoms with Crippen LogP contribution in [-0.2, 0) is 6.54 Å². The number of aryl methyl sites for hydroxylation is 1. The van der Waals surface area contributed by atoms with E-state index in [0.29, 0.717) is 23.6 Å². The van der Waals surface area contributed by atoms with Gasteiger partial charge in [0.05, 0.1) is 20.3 Å². The number of carbonyl (C=O) groups excluding carboxylic acids is 1. The lowest BCUT2D eigenvalue weighted by Gasteiger charge is -2.37. The molecule has 1 amide bonds. The summed E-state index contributed by atoms with van der Waals surface area (Å²) in [6, 6.07) is 17.5. The molecule has 1 unspecified atom stereocenters. The summed E-state index contributed by atoms with van der Waals surface area (Å²) in [5.74, 6) is 1.37. The van der Waals surface area contributed by atoms with Crippen LogP contribution >= 0.6 is 0 Å². The first-order chi connectivity index (χ1) is 13.6. The Bertz CT molecular complexity index is 991. The molecule has 0 saturated carbocycles. The van der Waals surface area contributed by atoms with Crippen molar-refractivity contribution in [1.82, 2.24) is 9.47 Å². The number of benzene rings is 2. The van der Waals surface area contributed by atoms with E-state index in [2.05, 4.69) is 16.8 Å². The van der Waals surface area contributed by atoms with E-state index in [-0.39, 0.29) is 11.9 Å². The number of rotatable bonds is 4. The molecule has 3 aromatic rings. The zero-order valence-electron chi connectivity index (χ0n) is 16.4. The largest absolute Gasteiger partial charge is 0.493 e. The van der Waals surface area contributed by atoms with Crippen LogP contribution in [0, 0.1) is 6.92 Å². The molecular formula is C23H24N2O3. The van der Waals surface area contributed by atoms with E-state index < -0.39 is 0 Å². The van der Waals surface area contributed by atoms with Crippen LogP contribution in [0.2, 0.25) is 0 Å². The maximum Gasteiger partial charge on any atom is 0.254 e. The Hall–Kier alpha value is -3.21. The summed E-state index contributed by atoms with van der Waals surface area (Å²) in [5, 5.41) is 0. The van der Waals surface area contributed by atoms with Crippen molar-refractivity contribution >= 4 is 5.91 Å². The van der Waals surface area contributed by atoms with Crippen molar-refractivity contribution in [3.63, 3.8) is 0 Å². The molecule has 0 fully saturated rings. The van der Waals surface area contributed by atoms with Crippen LogP contribution in [0.3, 0.4) is 0 Å². The van der Waals surface area contributed by atoms with Gasteiger partial charge in [-0.1, -0.05) is 23.8 Å². The molecule has 28 heavy (non-hydrogen) atoms. The fourth-order valence-electron chi connectivity index (χ4n) is 3.84. The number of carbonyl (C=O) groups is 1. The van der Waals surface area contributed by atoms with E-state index in [0.717, 1.165) is 23.4 Å². The van der Waals surface area contributed by atoms with E-state index in [4.69, 9.17) is 9.47 Å². The van der Waals surface area contributed by atoms with Gasteiger partial charge in [-0.25, -0.2) is 0 Å². The average molecular weight is 376 g/mol. The van der Waals surface area contributed by atoms with Gasteiger partial charge in [0.1, 0.15) is 0 Å². The van der Waals surface area contributed by atoms with Gasteiger partial charge in [-0.15, -0.1) is 0 Å². The third-order valence-corrected chi connectivity index (χ3v) is 5.32. The number of hydrogen-bond donors (Lipinski definition) is 0. The molecule has 0 saturated heterocycles. The van der Waals surface area contributed by atoms with Crippen molar-refractivity contribution in [2.75, 3.05) is 20.8 Å². The molecule has 5 heteroatoms. The molecule has 0 aliphatic carbocycles. The molecule has 2 aromatic carbocycles. The lowest BCUT2D eigenvalue weighted by molar-refractivity contribution is 0.0664. The molecule has 4 rings (SSSR count). The number of aromatic nitrogens is 1. The van der Waals surface area contributed by atoms with Crippen molar-refractivity contribution in [1.29, 1.82) is 0 Å². The molecule has 0 radical (unpaired) electrons. The Morgan fingerprint density at radius 3 is 2.43 bits per heavy atom. The Balaban J connectivity index is 1.78. The molecule has 1 atom stereocenters. The minimum atomic E-state index is -0.183. The first-order valence-electron chi connectivity index (χ1n) is 9.37. The third-order valence-electron chi connectivity index (χ3n) is 5.32. The Morgan fingerprint density at radius 2 is 1.71 bits per heavy atom. The Kier molecular flexibility index (Phi) is 4.82. The molecule has 0 spiro atoms. The maximum atomic E-state index is 13.4. The highest BCUT2D eigenvalue weighted by Gasteiger charge is 2.33. The lowest BCUT2D eigenvalue weighted by Crippen LogP contribution is -2.42. The van der Waals surface area contributed by atoms with Crippen LogP contribution in [0.1, 0.15) is 33.2 Å². The predicted octanol–water partition coefficient (Wildman–Crippen LogP) is 4.06. The number of nitrogens with zero attached hydrogens (tertiary/aromatic N) is 2. The molecular weight excluding hydrogens is 352 g/mol. The van der Waals surface area contributed by atoms with E-state index in [1.165, 1.54) is 0 Å². The van der Waals surface area contributed by atoms with Crippen LogP contribution in [0.25, 0.3) is 0 Å². The van der Waals surface area contributed by atoms with Crippen molar-refractivity contribution < 1.29 is 14.3 Å². The van der Waals surface area contributed by atoms with Crippen molar-refractivity contribution in [3.8, 4) is 11.5 Å². The van der Waals surface area contributed by atoms with Gasteiger partial charge >= 0.3 is 0 Å². The van der Waals surface area contributed by atoms with Crippen molar-refractivity contribution in [3.05, 3.63) is 83.2 Å². The van der Waals surface area contributed by atoms with E-state index >= 15 is 0 Å². The zero-order valence-corrected chi connectivity index (χ0v) is 16.4. The first-order valence-corrected chi connectivity index (χ1v) is 9.37. The van der Waals surface area contributed by atoms with Gasteiger partial charge in [0.2, 0.25) is 0 Å². The summed E-state index contributed by atoms with van der Waals surface area (Å²) in [6.07, 6.45) is 2.07. The number of fused-ring (bicyclic) bond motifs is 1. The third kappa shape index (κ3) is 3.13. The monoisotopic (exact) mass is 376 g/mol. The highest BCUT2D eigenvalue weighted by atomic mass is 16.5. The zero-order chi connectivity index (χ0) is 19.7. The number of amides is 1. The fraction of sp³-hybridized carbons (Fsp3) is 0.261. The second-order valence-electron chi connectivity index (χ2n) is 7.01. The maximum absolute atomic E-state index is 13.4. The quantitative estimate of drug-likeness (QED) is 0.690. The molecule has 1 aromatic heterocycles. The van der Waals surface area contributed by atoms with Crippen molar-refractivity contribution in [2.45, 2.75) is 19.5 Å². The number of methoxy groups -OCH3 is 2. The highest BCUT2D eigenvalue weighted by Crippen LogP contribution is 2.37. The summed E-state index contributed by atoms with van der Waals surface area (Å²) >= 11 is 0. The van der Waals surface area contributed by atoms with Gasteiger partial charge in [-0.3, -0.25) is 4.79 Å². The van der Waals surface area contributed by atoms with Gasteiger partial charge in [0, 0.05) is 30.5 Å². The van der Waals surface area contributed by atoms with Crippen LogP contribution in [0.5, 0.6) is 11.5 Å². The van der Waals surface area contributed by atoms with E-state index in [1.54, 1.807) is 14.2 Å². The molecule has 144 valence electrons. The average Bonchev–Trinajstić information content (AvgIpc) is 3.21. The number of hydrogen-bond acceptors (Lipinski definition) is 3. The molecule has 5 nitrogen and oxygen atoms in total. The van der Waals surface area contributed by atoms with Gasteiger partial charge in [0.25, 0.3) is 5.91 Å². The van der Waals surface area contributed by atoms with Crippen LogP contribution in [0.4, 0.5) is 0 Å². The topological polar surface area (TPSA) is 43.7 Å². The normalized spacial score (nSPS) is 15.8. The van der Waals surface area contributed by atoms with E-state index in [1.807, 2.05) is 60.4 Å². The van der Waals surface area contributed by atoms with Gasteiger partial charge in [-0.2, -0.15) is 0 Å². The highest BCUT2D eigenvalue weighted by molar-refractivity contribution is 5.95. The minimum absolute atomic E-state index is 0.0345. The predicted molar refractivity (Wildman–Crippen MR) is 108 cm³/mol. The lowest BCUT2D eigenvalue weighted by atomic mass is 9.98. The molecule has 2 heterocycles. The fourth-order valence-corrected chi connectivity index (χ4v) is 3.84. The smallest absolute Gasteiger partial charge is 0.254 e. The van der Waals surface area contributed by atoms with E-state index in [9.17, 15) is 4.79 Å². The Morgan fingerprint density at radius 1 is 0.964 bits per heavy atom. The summed E-state index contributed by atoms with van der Waals surface area (Å²) in [7, 11) is 3.25. The molecule has 0 bridgehead atoms. The summed E-state index contributed by atoms with van der Waals surface area (Å²) < 4.78 is 13.1. The summed E-state index contributed by atoms with van der Waals surface area (Å²) in [4.78, 5) is 15.3. The van der Waals surface area contributed by atoms with Crippen molar-refractivity contribution in [2.24, 2.45) is 0 Å². The van der Waals surface area contributed by atoms with Crippen LogP contribution < -0.4 is 9.47 Å². The van der Waals surface area contributed by atoms with Gasteiger partial charge in [-0.05, 0) is 48.9 Å². The molecule has 1 aliphatic heterocycles. The second-order valence-corrected chi connectivity index (χ2v) is 7.01. The van der Waals surface area contributed by atoms with Crippen LogP contribution in [-0.4, -0.2) is 36.1 Å². The Labute approximate surface area is 165 Å². The second kappa shape index (κ2) is 7.43. The minimum Gasteiger partial charge on any atom is -0.493 e. The standard InChI is InChI=1S/C23H24N2O3/c1-16-6-8-17(9-7-16)23(26)25-14-13-24-12-4-5-19(24)22(25)18-10-11-20(27-2)21(15-18)28-3/h4-12,15,22H,13-14H2,1-3H3.